The number of benzene rings is 16. The first-order valence-electron chi connectivity index (χ1n) is 41.0. The number of ether oxygens (including phenoxy) is 2. The quantitative estimate of drug-likeness (QED) is 0.107. The first kappa shape index (κ1) is 76.1. The molecule has 0 bridgehead atoms. The maximum absolute atomic E-state index is 9.68. The van der Waals surface area contributed by atoms with Gasteiger partial charge in [-0.2, -0.15) is 0 Å². The molecule has 8 heterocycles. The summed E-state index contributed by atoms with van der Waals surface area (Å²) in [4.78, 5) is 0. The van der Waals surface area contributed by atoms with Crippen LogP contribution in [-0.2, 0) is 0 Å². The molecular weight excluding hydrogens is 1570 g/mol. The molecule has 0 radical (unpaired) electrons. The molecule has 0 saturated heterocycles. The van der Waals surface area contributed by atoms with Crippen LogP contribution in [-0.4, -0.2) is 78.4 Å². The second kappa shape index (κ2) is 33.0. The summed E-state index contributed by atoms with van der Waals surface area (Å²) in [6.07, 6.45) is 0. The Balaban J connectivity index is 0.000000103. The van der Waals surface area contributed by atoms with Crippen LogP contribution in [0.5, 0.6) is 17.2 Å². The average Bonchev–Trinajstić information content (AvgIpc) is 1.60. The van der Waals surface area contributed by atoms with Gasteiger partial charge in [0.05, 0.1) is 58.4 Å². The summed E-state index contributed by atoms with van der Waals surface area (Å²) in [5.74, 6) is 5.39. The SMILES string of the molecule is COc1cccc(-c2nnc(-c3ccc(-n4c5ccccc5c5ccccc54)cc3)o2)c1.COc1cccc(-c2nnc(-c3cccc(-n4c5ccccc5c5ccccc54)c3)o2)c1.Cc1cccc(-c2nnc(-c3cccc(-n4c5ccccc5c5ccccc54)c3)o2)c1.Oc1cccc(-c2nnc(-c3ccc(-n4c5ccccc5c5ccccc54)cc3)o2)c1. The predicted molar refractivity (Wildman–Crippen MR) is 498 cm³/mol. The van der Waals surface area contributed by atoms with Crippen molar-refractivity contribution in [3.8, 4) is 132 Å². The molecule has 604 valence electrons. The third kappa shape index (κ3) is 14.5. The Morgan fingerprint density at radius 3 is 0.714 bits per heavy atom. The number of aryl methyl sites for hydroxylation is 1. The van der Waals surface area contributed by atoms with Crippen LogP contribution in [0.1, 0.15) is 5.56 Å². The molecule has 16 aromatic carbocycles. The van der Waals surface area contributed by atoms with Gasteiger partial charge in [-0.3, -0.25) is 0 Å². The molecule has 126 heavy (non-hydrogen) atoms. The van der Waals surface area contributed by atoms with Crippen LogP contribution in [0.3, 0.4) is 0 Å². The summed E-state index contributed by atoms with van der Waals surface area (Å²) in [6.45, 7) is 2.05. The highest BCUT2D eigenvalue weighted by Crippen LogP contribution is 2.40. The fourth-order valence-electron chi connectivity index (χ4n) is 16.6. The molecule has 8 aromatic heterocycles. The number of rotatable bonds is 14. The molecule has 19 heteroatoms. The largest absolute Gasteiger partial charge is 0.508 e. The zero-order valence-corrected chi connectivity index (χ0v) is 68.2. The third-order valence-electron chi connectivity index (χ3n) is 22.5. The minimum atomic E-state index is 0.160. The fraction of sp³-hybridized carbons (Fsp3) is 0.0280. The number of aromatic nitrogens is 12. The van der Waals surface area contributed by atoms with Gasteiger partial charge in [-0.15, -0.1) is 40.8 Å². The molecule has 19 nitrogen and oxygen atoms in total. The van der Waals surface area contributed by atoms with E-state index < -0.39 is 0 Å². The van der Waals surface area contributed by atoms with Gasteiger partial charge >= 0.3 is 0 Å². The van der Waals surface area contributed by atoms with Crippen molar-refractivity contribution in [3.63, 3.8) is 0 Å². The third-order valence-corrected chi connectivity index (χ3v) is 22.5. The van der Waals surface area contributed by atoms with Crippen molar-refractivity contribution in [1.82, 2.24) is 59.1 Å². The molecule has 0 amide bonds. The Bertz CT molecular complexity index is 7930. The molecule has 0 aliphatic rings. The summed E-state index contributed by atoms with van der Waals surface area (Å²) in [5.41, 5.74) is 21.5. The van der Waals surface area contributed by atoms with E-state index in [0.29, 0.717) is 52.7 Å². The summed E-state index contributed by atoms with van der Waals surface area (Å²) >= 11 is 0. The van der Waals surface area contributed by atoms with Crippen LogP contribution >= 0.6 is 0 Å². The van der Waals surface area contributed by atoms with Gasteiger partial charge in [-0.1, -0.05) is 194 Å². The van der Waals surface area contributed by atoms with Gasteiger partial charge < -0.3 is 50.5 Å². The van der Waals surface area contributed by atoms with E-state index in [2.05, 4.69) is 315 Å². The van der Waals surface area contributed by atoms with Crippen LogP contribution in [0.4, 0.5) is 0 Å². The Morgan fingerprint density at radius 1 is 0.206 bits per heavy atom. The lowest BCUT2D eigenvalue weighted by Crippen LogP contribution is -1.94. The number of hydrogen-bond acceptors (Lipinski definition) is 15. The zero-order valence-electron chi connectivity index (χ0n) is 68.2. The lowest BCUT2D eigenvalue weighted by atomic mass is 10.1. The molecule has 0 atom stereocenters. The summed E-state index contributed by atoms with van der Waals surface area (Å²) in [5, 5.41) is 53.5. The van der Waals surface area contributed by atoms with Gasteiger partial charge in [0.2, 0.25) is 47.1 Å². The normalized spacial score (nSPS) is 11.3. The van der Waals surface area contributed by atoms with Gasteiger partial charge in [0.25, 0.3) is 0 Å². The highest BCUT2D eigenvalue weighted by atomic mass is 16.5. The topological polar surface area (TPSA) is 214 Å². The number of aromatic hydroxyl groups is 1. The lowest BCUT2D eigenvalue weighted by molar-refractivity contribution is 0.414. The van der Waals surface area contributed by atoms with E-state index in [1.54, 1.807) is 32.4 Å². The molecule has 24 aromatic rings. The highest BCUT2D eigenvalue weighted by Gasteiger charge is 2.22. The molecule has 0 aliphatic carbocycles. The Hall–Kier alpha value is -17.3. The fourth-order valence-corrected chi connectivity index (χ4v) is 16.6. The summed E-state index contributed by atoms with van der Waals surface area (Å²) < 4.78 is 43.5. The van der Waals surface area contributed by atoms with Crippen molar-refractivity contribution >= 4 is 87.2 Å². The Labute approximate surface area is 720 Å². The van der Waals surface area contributed by atoms with Crippen molar-refractivity contribution in [2.75, 3.05) is 14.2 Å². The molecule has 0 fully saturated rings. The monoisotopic (exact) mass is 1640 g/mol. The van der Waals surface area contributed by atoms with Crippen molar-refractivity contribution < 1.29 is 32.2 Å². The van der Waals surface area contributed by atoms with Gasteiger partial charge in [-0.25, -0.2) is 0 Å². The van der Waals surface area contributed by atoms with Gasteiger partial charge in [0, 0.05) is 110 Å². The van der Waals surface area contributed by atoms with Gasteiger partial charge in [0.1, 0.15) is 17.2 Å². The van der Waals surface area contributed by atoms with E-state index in [0.717, 1.165) is 89.8 Å². The van der Waals surface area contributed by atoms with E-state index in [1.807, 2.05) is 121 Å². The van der Waals surface area contributed by atoms with Crippen LogP contribution in [0.2, 0.25) is 0 Å². The average molecular weight is 1640 g/mol. The summed E-state index contributed by atoms with van der Waals surface area (Å²) in [7, 11) is 3.27. The van der Waals surface area contributed by atoms with Gasteiger partial charge in [0.15, 0.2) is 0 Å². The van der Waals surface area contributed by atoms with E-state index in [-0.39, 0.29) is 5.75 Å². The number of para-hydroxylation sites is 8. The van der Waals surface area contributed by atoms with E-state index in [1.165, 1.54) is 76.2 Å². The van der Waals surface area contributed by atoms with Gasteiger partial charge in [-0.05, 0) is 207 Å². The number of phenols is 1. The molecular formula is C107H74N12O7. The standard InChI is InChI=1S/2C27H19N3O2.C27H19N3O.C26H17N3O2/c1-31-21-11-7-9-19(17-21)27-29-28-26(32-27)18-8-6-10-20(16-18)30-24-14-4-2-12-22(24)23-13-3-5-15-25(23)30;1-31-21-8-6-7-19(17-21)27-29-28-26(32-27)18-13-15-20(16-14-18)30-24-11-4-2-9-22(24)23-10-3-5-12-25(23)30;1-18-8-6-9-19(16-18)26-28-29-27(31-26)20-10-7-11-21(17-20)30-24-14-4-2-12-22(24)23-13-3-5-15-25(23)30;30-20-7-5-6-18(16-20)26-28-27-25(31-26)17-12-14-19(15-13-17)29-23-10-3-1-8-21(23)22-9-2-4-11-24(22)29/h2*2-17H,1H3;2-17H,1H3;1-16,30H. The van der Waals surface area contributed by atoms with Crippen molar-refractivity contribution in [3.05, 3.63) is 394 Å². The van der Waals surface area contributed by atoms with Crippen LogP contribution in [0.25, 0.3) is 202 Å². The number of methoxy groups -OCH3 is 2. The molecule has 0 spiro atoms. The second-order valence-electron chi connectivity index (χ2n) is 30.2. The highest BCUT2D eigenvalue weighted by molar-refractivity contribution is 6.12. The smallest absolute Gasteiger partial charge is 0.248 e. The maximum Gasteiger partial charge on any atom is 0.248 e. The first-order valence-corrected chi connectivity index (χ1v) is 41.0. The Morgan fingerprint density at radius 2 is 0.437 bits per heavy atom. The summed E-state index contributed by atoms with van der Waals surface area (Å²) in [6, 6.07) is 130. The maximum atomic E-state index is 9.68. The molecule has 0 aliphatic heterocycles. The van der Waals surface area contributed by atoms with E-state index in [9.17, 15) is 5.11 Å². The minimum Gasteiger partial charge on any atom is -0.508 e. The minimum absolute atomic E-state index is 0.160. The first-order chi connectivity index (χ1) is 62.2. The molecule has 24 rings (SSSR count). The van der Waals surface area contributed by atoms with Crippen molar-refractivity contribution in [1.29, 1.82) is 0 Å². The predicted octanol–water partition coefficient (Wildman–Crippen LogP) is 26.0. The Kier molecular flexibility index (Phi) is 19.9. The molecule has 0 saturated carbocycles. The van der Waals surface area contributed by atoms with Crippen LogP contribution in [0, 0.1) is 6.92 Å². The number of hydrogen-bond donors (Lipinski definition) is 1. The number of nitrogens with zero attached hydrogens (tertiary/aromatic N) is 12. The molecule has 0 unspecified atom stereocenters. The zero-order chi connectivity index (χ0) is 84.6. The molecule has 1 N–H and O–H groups in total. The second-order valence-corrected chi connectivity index (χ2v) is 30.2. The van der Waals surface area contributed by atoms with Crippen LogP contribution < -0.4 is 9.47 Å². The van der Waals surface area contributed by atoms with E-state index >= 15 is 0 Å². The van der Waals surface area contributed by atoms with Crippen molar-refractivity contribution in [2.45, 2.75) is 6.92 Å². The van der Waals surface area contributed by atoms with E-state index in [4.69, 9.17) is 27.1 Å². The number of phenolic OH excluding ortho intramolecular Hbond substituents is 1. The van der Waals surface area contributed by atoms with Crippen molar-refractivity contribution in [2.24, 2.45) is 0 Å². The van der Waals surface area contributed by atoms with Crippen LogP contribution in [0.15, 0.2) is 406 Å². The lowest BCUT2D eigenvalue weighted by Gasteiger charge is -2.08. The number of fused-ring (bicyclic) bond motifs is 12.